The van der Waals surface area contributed by atoms with Gasteiger partial charge in [0.25, 0.3) is 10.7 Å². The molecule has 5 nitrogen and oxygen atoms in total. The molecule has 1 aromatic carbocycles. The van der Waals surface area contributed by atoms with Crippen LogP contribution in [0.5, 0.6) is 5.75 Å². The second-order valence-corrected chi connectivity index (χ2v) is 5.08. The Kier molecular flexibility index (Phi) is 3.14. The number of nitrogens with one attached hydrogen (secondary N) is 1. The van der Waals surface area contributed by atoms with Crippen molar-refractivity contribution in [1.29, 1.82) is 0 Å². The third-order valence-electron chi connectivity index (χ3n) is 2.49. The Bertz CT molecular complexity index is 743. The Morgan fingerprint density at radius 3 is 2.74 bits per heavy atom. The van der Waals surface area contributed by atoms with Crippen LogP contribution in [0.2, 0.25) is 0 Å². The molecule has 2 heterocycles. The Hall–Kier alpha value is -1.99. The normalized spacial score (nSPS) is 10.6. The van der Waals surface area contributed by atoms with E-state index in [-0.39, 0.29) is 4.84 Å². The summed E-state index contributed by atoms with van der Waals surface area (Å²) in [7, 11) is 1.64. The third kappa shape index (κ3) is 2.42. The number of benzene rings is 1. The van der Waals surface area contributed by atoms with Crippen molar-refractivity contribution in [3.05, 3.63) is 35.3 Å². The number of ether oxygens (including phenoxy) is 1. The number of hydrogen-bond acceptors (Lipinski definition) is 6. The minimum absolute atomic E-state index is 0.259. The predicted molar refractivity (Wildman–Crippen MR) is 74.8 cm³/mol. The van der Waals surface area contributed by atoms with E-state index < -0.39 is 0 Å². The van der Waals surface area contributed by atoms with Gasteiger partial charge < -0.3 is 9.15 Å². The summed E-state index contributed by atoms with van der Waals surface area (Å²) in [5, 5.41) is 7.46. The van der Waals surface area contributed by atoms with Crippen LogP contribution in [0, 0.1) is 4.84 Å². The first kappa shape index (κ1) is 12.1. The van der Waals surface area contributed by atoms with Gasteiger partial charge in [-0.1, -0.05) is 0 Å². The highest BCUT2D eigenvalue weighted by Gasteiger charge is 2.10. The van der Waals surface area contributed by atoms with Crippen molar-refractivity contribution in [2.75, 3.05) is 7.11 Å². The summed E-state index contributed by atoms with van der Waals surface area (Å²) in [5.41, 5.74) is 1.02. The Balaban J connectivity index is 1.94. The molecule has 0 fully saturated rings. The lowest BCUT2D eigenvalue weighted by Crippen LogP contribution is -1.81. The molecule has 0 saturated carbocycles. The highest BCUT2D eigenvalue weighted by atomic mass is 32.1. The van der Waals surface area contributed by atoms with Crippen LogP contribution in [0.1, 0.15) is 0 Å². The smallest absolute Gasteiger partial charge is 0.284 e. The first-order valence-corrected chi connectivity index (χ1v) is 6.65. The van der Waals surface area contributed by atoms with Gasteiger partial charge >= 0.3 is 0 Å². The lowest BCUT2D eigenvalue weighted by molar-refractivity contribution is 0.415. The maximum absolute atomic E-state index is 5.25. The van der Waals surface area contributed by atoms with Gasteiger partial charge in [0.1, 0.15) is 15.6 Å². The zero-order valence-electron chi connectivity index (χ0n) is 9.91. The summed E-state index contributed by atoms with van der Waals surface area (Å²) in [6, 6.07) is 7.72. The van der Waals surface area contributed by atoms with Crippen LogP contribution in [0.15, 0.2) is 34.9 Å². The van der Waals surface area contributed by atoms with Crippen molar-refractivity contribution in [1.82, 2.24) is 15.2 Å². The highest BCUT2D eigenvalue weighted by Crippen LogP contribution is 2.31. The number of rotatable bonds is 3. The van der Waals surface area contributed by atoms with Gasteiger partial charge in [0.2, 0.25) is 0 Å². The van der Waals surface area contributed by atoms with E-state index in [2.05, 4.69) is 15.2 Å². The summed E-state index contributed by atoms with van der Waals surface area (Å²) in [5.74, 6) is 1.28. The van der Waals surface area contributed by atoms with Gasteiger partial charge in [-0.2, -0.15) is 0 Å². The molecule has 1 N–H and O–H groups in total. The molecule has 0 spiro atoms. The van der Waals surface area contributed by atoms with Crippen molar-refractivity contribution in [2.24, 2.45) is 0 Å². The zero-order valence-corrected chi connectivity index (χ0v) is 11.5. The fourth-order valence-electron chi connectivity index (χ4n) is 1.58. The van der Waals surface area contributed by atoms with Crippen LogP contribution in [-0.2, 0) is 0 Å². The van der Waals surface area contributed by atoms with Gasteiger partial charge in [0.15, 0.2) is 0 Å². The molecule has 0 amide bonds. The summed E-state index contributed by atoms with van der Waals surface area (Å²) >= 11 is 6.34. The highest BCUT2D eigenvalue weighted by molar-refractivity contribution is 7.71. The van der Waals surface area contributed by atoms with Crippen LogP contribution in [-0.4, -0.2) is 22.3 Å². The largest absolute Gasteiger partial charge is 0.497 e. The number of hydrogen-bond donors (Lipinski definition) is 1. The van der Waals surface area contributed by atoms with Gasteiger partial charge in [0.05, 0.1) is 13.3 Å². The van der Waals surface area contributed by atoms with E-state index in [1.165, 1.54) is 11.3 Å². The molecule has 3 rings (SSSR count). The summed E-state index contributed by atoms with van der Waals surface area (Å²) in [4.78, 5) is 5.45. The fourth-order valence-corrected chi connectivity index (χ4v) is 2.55. The third-order valence-corrected chi connectivity index (χ3v) is 3.70. The van der Waals surface area contributed by atoms with Gasteiger partial charge in [-0.05, 0) is 36.5 Å². The van der Waals surface area contributed by atoms with E-state index in [0.29, 0.717) is 5.89 Å². The monoisotopic (exact) mass is 291 g/mol. The molecule has 0 atom stereocenters. The maximum Gasteiger partial charge on any atom is 0.284 e. The number of aromatic amines is 1. The van der Waals surface area contributed by atoms with E-state index in [1.807, 2.05) is 24.3 Å². The van der Waals surface area contributed by atoms with E-state index in [0.717, 1.165) is 21.2 Å². The first-order valence-electron chi connectivity index (χ1n) is 5.42. The van der Waals surface area contributed by atoms with Crippen molar-refractivity contribution in [3.8, 4) is 27.1 Å². The number of thiazole rings is 1. The second-order valence-electron chi connectivity index (χ2n) is 3.68. The molecule has 2 aromatic heterocycles. The van der Waals surface area contributed by atoms with E-state index in [4.69, 9.17) is 21.4 Å². The summed E-state index contributed by atoms with van der Waals surface area (Å²) in [6.45, 7) is 0. The molecule has 3 aromatic rings. The van der Waals surface area contributed by atoms with E-state index >= 15 is 0 Å². The number of methoxy groups -OCH3 is 1. The molecule has 0 bridgehead atoms. The summed E-state index contributed by atoms with van der Waals surface area (Å²) < 4.78 is 10.4. The number of aromatic nitrogens is 3. The molecule has 96 valence electrons. The standard InChI is InChI=1S/C12H9N3O2S2/c1-16-8-4-2-7(3-5-8)11-13-6-9(19-11)10-14-15-12(18)17-10/h2-6H,1H3,(H,15,18). The molecular formula is C12H9N3O2S2. The lowest BCUT2D eigenvalue weighted by Gasteiger charge is -1.99. The van der Waals surface area contributed by atoms with Gasteiger partial charge in [0, 0.05) is 5.56 Å². The average Bonchev–Trinajstić information content (AvgIpc) is 3.07. The van der Waals surface area contributed by atoms with Gasteiger partial charge in [-0.3, -0.25) is 0 Å². The van der Waals surface area contributed by atoms with Crippen molar-refractivity contribution < 1.29 is 9.15 Å². The molecule has 0 unspecified atom stereocenters. The number of H-pyrrole nitrogens is 1. The van der Waals surface area contributed by atoms with Crippen LogP contribution in [0.3, 0.4) is 0 Å². The second kappa shape index (κ2) is 4.94. The zero-order chi connectivity index (χ0) is 13.2. The number of nitrogens with zero attached hydrogens (tertiary/aromatic N) is 2. The van der Waals surface area contributed by atoms with Crippen LogP contribution >= 0.6 is 23.6 Å². The molecule has 0 aliphatic rings. The van der Waals surface area contributed by atoms with Crippen LogP contribution < -0.4 is 4.74 Å². The minimum Gasteiger partial charge on any atom is -0.497 e. The van der Waals surface area contributed by atoms with E-state index in [9.17, 15) is 0 Å². The Morgan fingerprint density at radius 1 is 1.32 bits per heavy atom. The predicted octanol–water partition coefficient (Wildman–Crippen LogP) is 3.53. The van der Waals surface area contributed by atoms with Gasteiger partial charge in [-0.25, -0.2) is 10.1 Å². The lowest BCUT2D eigenvalue weighted by atomic mass is 10.2. The van der Waals surface area contributed by atoms with Crippen molar-refractivity contribution >= 4 is 23.6 Å². The topological polar surface area (TPSA) is 63.9 Å². The summed E-state index contributed by atoms with van der Waals surface area (Å²) in [6.07, 6.45) is 1.72. The minimum atomic E-state index is 0.259. The quantitative estimate of drug-likeness (QED) is 0.748. The SMILES string of the molecule is COc1ccc(-c2ncc(-c3n[nH]c(=S)o3)s2)cc1. The molecule has 0 aliphatic carbocycles. The Morgan fingerprint density at radius 2 is 2.11 bits per heavy atom. The molecule has 0 saturated heterocycles. The van der Waals surface area contributed by atoms with E-state index in [1.54, 1.807) is 13.3 Å². The average molecular weight is 291 g/mol. The Labute approximate surface area is 117 Å². The molecule has 7 heteroatoms. The van der Waals surface area contributed by atoms with Gasteiger partial charge in [-0.15, -0.1) is 16.4 Å². The molecule has 19 heavy (non-hydrogen) atoms. The maximum atomic E-state index is 5.25. The van der Waals surface area contributed by atoms with Crippen molar-refractivity contribution in [2.45, 2.75) is 0 Å². The molecular weight excluding hydrogens is 282 g/mol. The van der Waals surface area contributed by atoms with Crippen molar-refractivity contribution in [3.63, 3.8) is 0 Å². The van der Waals surface area contributed by atoms with Crippen LogP contribution in [0.4, 0.5) is 0 Å². The molecule has 0 aliphatic heterocycles. The fraction of sp³-hybridized carbons (Fsp3) is 0.0833. The van der Waals surface area contributed by atoms with Crippen LogP contribution in [0.25, 0.3) is 21.3 Å². The molecule has 0 radical (unpaired) electrons. The first-order chi connectivity index (χ1) is 9.26.